The molecule has 0 spiro atoms. The second-order valence-electron chi connectivity index (χ2n) is 4.08. The molecule has 0 atom stereocenters. The smallest absolute Gasteiger partial charge is 0.0704 e. The van der Waals surface area contributed by atoms with Gasteiger partial charge in [-0.25, -0.2) is 0 Å². The third-order valence-corrected chi connectivity index (χ3v) is 5.29. The van der Waals surface area contributed by atoms with E-state index in [9.17, 15) is 0 Å². The minimum absolute atomic E-state index is 0.772. The lowest BCUT2D eigenvalue weighted by molar-refractivity contribution is 1.18. The van der Waals surface area contributed by atoms with Gasteiger partial charge in [-0.2, -0.15) is 0 Å². The number of benzene rings is 1. The van der Waals surface area contributed by atoms with Gasteiger partial charge in [0.1, 0.15) is 0 Å². The molecule has 18 heavy (non-hydrogen) atoms. The molecule has 0 aliphatic rings. The van der Waals surface area contributed by atoms with E-state index in [-0.39, 0.29) is 0 Å². The monoisotopic (exact) mass is 289 g/mol. The molecule has 0 N–H and O–H groups in total. The normalized spacial score (nSPS) is 11.6. The van der Waals surface area contributed by atoms with Gasteiger partial charge < -0.3 is 4.57 Å². The topological polar surface area (TPSA) is 4.93 Å². The van der Waals surface area contributed by atoms with Crippen molar-refractivity contribution < 1.29 is 0 Å². The molecule has 0 aliphatic carbocycles. The quantitative estimate of drug-likeness (QED) is 0.432. The van der Waals surface area contributed by atoms with Crippen LogP contribution in [0.1, 0.15) is 0 Å². The lowest BCUT2D eigenvalue weighted by atomic mass is 10.3. The summed E-state index contributed by atoms with van der Waals surface area (Å²) in [6, 6.07) is 12.4. The summed E-state index contributed by atoms with van der Waals surface area (Å²) in [6.45, 7) is 0. The Morgan fingerprint density at radius 1 is 0.778 bits per heavy atom. The van der Waals surface area contributed by atoms with Crippen molar-refractivity contribution in [2.24, 2.45) is 0 Å². The minimum Gasteiger partial charge on any atom is -0.307 e. The lowest BCUT2D eigenvalue weighted by Gasteiger charge is -2.05. The van der Waals surface area contributed by atoms with Crippen LogP contribution in [0, 0.1) is 0 Å². The zero-order chi connectivity index (χ0) is 12.1. The molecule has 88 valence electrons. The average molecular weight is 290 g/mol. The van der Waals surface area contributed by atoms with Crippen molar-refractivity contribution in [3.63, 3.8) is 0 Å². The Balaban J connectivity index is 2.14. The molecule has 0 aliphatic heterocycles. The van der Waals surface area contributed by atoms with Gasteiger partial charge in [0.05, 0.1) is 20.4 Å². The molecular weight excluding hydrogens is 282 g/mol. The molecule has 1 aromatic carbocycles. The lowest BCUT2D eigenvalue weighted by Crippen LogP contribution is -1.91. The molecule has 0 unspecified atom stereocenters. The van der Waals surface area contributed by atoms with Gasteiger partial charge in [0, 0.05) is 10.7 Å². The van der Waals surface area contributed by atoms with Gasteiger partial charge in [-0.1, -0.05) is 11.6 Å². The second kappa shape index (κ2) is 3.85. The Hall–Kier alpha value is -1.29. The van der Waals surface area contributed by atoms with Crippen LogP contribution in [0.2, 0.25) is 5.02 Å². The van der Waals surface area contributed by atoms with E-state index in [0.29, 0.717) is 0 Å². The molecule has 3 heterocycles. The summed E-state index contributed by atoms with van der Waals surface area (Å²) in [5, 5.41) is 5.07. The number of halogens is 1. The van der Waals surface area contributed by atoms with Gasteiger partial charge in [0.25, 0.3) is 0 Å². The van der Waals surface area contributed by atoms with Gasteiger partial charge in [-0.15, -0.1) is 22.7 Å². The fraction of sp³-hybridized carbons (Fsp3) is 0. The maximum Gasteiger partial charge on any atom is 0.0704 e. The van der Waals surface area contributed by atoms with Gasteiger partial charge in [-0.3, -0.25) is 0 Å². The number of aromatic nitrogens is 1. The maximum absolute atomic E-state index is 5.96. The molecule has 4 aromatic rings. The molecule has 0 saturated carbocycles. The van der Waals surface area contributed by atoms with Gasteiger partial charge in [0.2, 0.25) is 0 Å². The van der Waals surface area contributed by atoms with Crippen molar-refractivity contribution in [3.05, 3.63) is 52.2 Å². The van der Waals surface area contributed by atoms with Crippen LogP contribution in [0.15, 0.2) is 47.2 Å². The Bertz CT molecular complexity index is 788. The number of rotatable bonds is 1. The van der Waals surface area contributed by atoms with Crippen molar-refractivity contribution >= 4 is 54.7 Å². The highest BCUT2D eigenvalue weighted by Crippen LogP contribution is 2.38. The fourth-order valence-corrected chi connectivity index (χ4v) is 4.36. The molecule has 0 fully saturated rings. The number of hydrogen-bond acceptors (Lipinski definition) is 2. The van der Waals surface area contributed by atoms with E-state index in [4.69, 9.17) is 11.6 Å². The number of thiophene rings is 2. The van der Waals surface area contributed by atoms with E-state index in [1.54, 1.807) is 22.7 Å². The van der Waals surface area contributed by atoms with Crippen LogP contribution in [-0.4, -0.2) is 4.57 Å². The van der Waals surface area contributed by atoms with Crippen LogP contribution in [0.4, 0.5) is 0 Å². The largest absolute Gasteiger partial charge is 0.307 e. The van der Waals surface area contributed by atoms with Crippen molar-refractivity contribution in [2.45, 2.75) is 0 Å². The van der Waals surface area contributed by atoms with E-state index in [1.165, 1.54) is 20.4 Å². The third-order valence-electron chi connectivity index (χ3n) is 3.06. The molecule has 0 amide bonds. The Labute approximate surface area is 117 Å². The molecule has 4 rings (SSSR count). The van der Waals surface area contributed by atoms with Crippen LogP contribution in [-0.2, 0) is 0 Å². The van der Waals surface area contributed by atoms with Crippen LogP contribution in [0.3, 0.4) is 0 Å². The van der Waals surface area contributed by atoms with Crippen molar-refractivity contribution in [2.75, 3.05) is 0 Å². The zero-order valence-electron chi connectivity index (χ0n) is 9.26. The predicted octanol–water partition coefficient (Wildman–Crippen LogP) is 5.56. The maximum atomic E-state index is 5.96. The number of hydrogen-bond donors (Lipinski definition) is 0. The standard InChI is InChI=1S/C14H8ClNS2/c15-9-1-3-10(4-2-9)16-11-5-7-17-13(11)14-12(16)6-8-18-14/h1-8H. The first-order valence-electron chi connectivity index (χ1n) is 5.55. The summed E-state index contributed by atoms with van der Waals surface area (Å²) < 4.78 is 5.04. The third kappa shape index (κ3) is 1.38. The summed E-state index contributed by atoms with van der Waals surface area (Å²) in [7, 11) is 0. The molecule has 0 radical (unpaired) electrons. The fourth-order valence-electron chi connectivity index (χ4n) is 2.30. The Kier molecular flexibility index (Phi) is 2.27. The van der Waals surface area contributed by atoms with Crippen LogP contribution in [0.25, 0.3) is 26.1 Å². The summed E-state index contributed by atoms with van der Waals surface area (Å²) in [5.41, 5.74) is 3.73. The highest BCUT2D eigenvalue weighted by atomic mass is 35.5. The first-order chi connectivity index (χ1) is 8.84. The first kappa shape index (κ1) is 10.6. The summed E-state index contributed by atoms with van der Waals surface area (Å²) in [4.78, 5) is 0. The number of nitrogens with zero attached hydrogens (tertiary/aromatic N) is 1. The predicted molar refractivity (Wildman–Crippen MR) is 81.5 cm³/mol. The Morgan fingerprint density at radius 3 is 1.89 bits per heavy atom. The van der Waals surface area contributed by atoms with E-state index in [0.717, 1.165) is 10.7 Å². The van der Waals surface area contributed by atoms with Crippen molar-refractivity contribution in [1.82, 2.24) is 4.57 Å². The molecule has 4 heteroatoms. The van der Waals surface area contributed by atoms with Crippen molar-refractivity contribution in [1.29, 1.82) is 0 Å². The molecule has 0 bridgehead atoms. The van der Waals surface area contributed by atoms with E-state index in [2.05, 4.69) is 39.6 Å². The van der Waals surface area contributed by atoms with Gasteiger partial charge >= 0.3 is 0 Å². The zero-order valence-corrected chi connectivity index (χ0v) is 11.6. The average Bonchev–Trinajstić information content (AvgIpc) is 3.03. The van der Waals surface area contributed by atoms with E-state index in [1.807, 2.05) is 12.1 Å². The highest BCUT2D eigenvalue weighted by molar-refractivity contribution is 7.25. The molecule has 1 nitrogen and oxygen atoms in total. The SMILES string of the molecule is Clc1ccc(-n2c3ccsc3c3sccc32)cc1. The van der Waals surface area contributed by atoms with Crippen molar-refractivity contribution in [3.8, 4) is 5.69 Å². The second-order valence-corrected chi connectivity index (χ2v) is 6.35. The molecular formula is C14H8ClNS2. The highest BCUT2D eigenvalue weighted by Gasteiger charge is 2.13. The van der Waals surface area contributed by atoms with Crippen LogP contribution < -0.4 is 0 Å². The van der Waals surface area contributed by atoms with Crippen LogP contribution >= 0.6 is 34.3 Å². The minimum atomic E-state index is 0.772. The van der Waals surface area contributed by atoms with E-state index >= 15 is 0 Å². The molecule has 3 aromatic heterocycles. The van der Waals surface area contributed by atoms with Gasteiger partial charge in [-0.05, 0) is 47.2 Å². The Morgan fingerprint density at radius 2 is 1.33 bits per heavy atom. The summed E-state index contributed by atoms with van der Waals surface area (Å²) >= 11 is 9.57. The van der Waals surface area contributed by atoms with Crippen LogP contribution in [0.5, 0.6) is 0 Å². The number of fused-ring (bicyclic) bond motifs is 3. The van der Waals surface area contributed by atoms with E-state index < -0.39 is 0 Å². The van der Waals surface area contributed by atoms with Gasteiger partial charge in [0.15, 0.2) is 0 Å². The first-order valence-corrected chi connectivity index (χ1v) is 7.69. The summed E-state index contributed by atoms with van der Waals surface area (Å²) in [5.74, 6) is 0. The summed E-state index contributed by atoms with van der Waals surface area (Å²) in [6.07, 6.45) is 0. The molecule has 0 saturated heterocycles.